The summed E-state index contributed by atoms with van der Waals surface area (Å²) in [7, 11) is 1.75. The van der Waals surface area contributed by atoms with Crippen LogP contribution < -0.4 is 10.6 Å². The maximum atomic E-state index is 12.9. The molecule has 0 aliphatic carbocycles. The fraction of sp³-hybridized carbons (Fsp3) is 0.238. The predicted molar refractivity (Wildman–Crippen MR) is 121 cm³/mol. The Kier molecular flexibility index (Phi) is 8.93. The summed E-state index contributed by atoms with van der Waals surface area (Å²) in [6.07, 6.45) is 6.37. The summed E-state index contributed by atoms with van der Waals surface area (Å²) in [6.45, 7) is 2.25. The van der Waals surface area contributed by atoms with Crippen LogP contribution in [0.1, 0.15) is 16.7 Å². The van der Waals surface area contributed by atoms with Crippen LogP contribution in [0.4, 0.5) is 4.39 Å². The Morgan fingerprint density at radius 2 is 1.68 bits per heavy atom. The van der Waals surface area contributed by atoms with E-state index in [1.54, 1.807) is 25.4 Å². The Labute approximate surface area is 182 Å². The molecule has 1 heterocycles. The topological polar surface area (TPSA) is 54.2 Å². The Hall–Kier alpha value is -2.42. The van der Waals surface area contributed by atoms with Gasteiger partial charge in [0.25, 0.3) is 0 Å². The average molecular weight is 493 g/mol. The van der Waals surface area contributed by atoms with E-state index in [0.717, 1.165) is 31.0 Å². The van der Waals surface area contributed by atoms with Gasteiger partial charge >= 0.3 is 0 Å². The highest BCUT2D eigenvalue weighted by atomic mass is 127. The first-order valence-electron chi connectivity index (χ1n) is 8.95. The van der Waals surface area contributed by atoms with Crippen LogP contribution in [0.5, 0.6) is 0 Å². The zero-order chi connectivity index (χ0) is 18.9. The van der Waals surface area contributed by atoms with Crippen molar-refractivity contribution in [2.75, 3.05) is 13.6 Å². The van der Waals surface area contributed by atoms with Crippen molar-refractivity contribution in [1.82, 2.24) is 20.2 Å². The van der Waals surface area contributed by atoms with Gasteiger partial charge in [0.2, 0.25) is 0 Å². The van der Waals surface area contributed by atoms with Gasteiger partial charge in [0, 0.05) is 39.1 Å². The molecule has 2 aromatic carbocycles. The lowest BCUT2D eigenvalue weighted by Gasteiger charge is -2.12. The molecule has 2 N–H and O–H groups in total. The van der Waals surface area contributed by atoms with E-state index >= 15 is 0 Å². The fourth-order valence-electron chi connectivity index (χ4n) is 2.74. The van der Waals surface area contributed by atoms with Crippen LogP contribution in [-0.2, 0) is 19.5 Å². The molecule has 28 heavy (non-hydrogen) atoms. The van der Waals surface area contributed by atoms with Crippen molar-refractivity contribution in [3.63, 3.8) is 0 Å². The highest BCUT2D eigenvalue weighted by Crippen LogP contribution is 2.06. The smallest absolute Gasteiger partial charge is 0.191 e. The number of nitrogens with zero attached hydrogens (tertiary/aromatic N) is 3. The van der Waals surface area contributed by atoms with E-state index < -0.39 is 0 Å². The molecule has 0 aliphatic rings. The van der Waals surface area contributed by atoms with Crippen molar-refractivity contribution < 1.29 is 4.39 Å². The number of rotatable bonds is 7. The van der Waals surface area contributed by atoms with Crippen LogP contribution in [0.15, 0.2) is 72.2 Å². The Bertz CT molecular complexity index is 846. The van der Waals surface area contributed by atoms with Gasteiger partial charge in [-0.3, -0.25) is 4.99 Å². The minimum absolute atomic E-state index is 0. The molecular formula is C21H25FIN5. The normalized spacial score (nSPS) is 11.0. The van der Waals surface area contributed by atoms with Gasteiger partial charge in [0.15, 0.2) is 5.96 Å². The fourth-order valence-corrected chi connectivity index (χ4v) is 2.74. The number of aromatic nitrogens is 2. The molecule has 0 saturated carbocycles. The van der Waals surface area contributed by atoms with Gasteiger partial charge in [0.1, 0.15) is 5.82 Å². The second-order valence-electron chi connectivity index (χ2n) is 6.28. The molecule has 0 radical (unpaired) electrons. The molecule has 0 spiro atoms. The summed E-state index contributed by atoms with van der Waals surface area (Å²) in [5, 5.41) is 6.59. The molecule has 1 aromatic heterocycles. The molecule has 5 nitrogen and oxygen atoms in total. The van der Waals surface area contributed by atoms with Gasteiger partial charge in [-0.1, -0.05) is 36.4 Å². The lowest BCUT2D eigenvalue weighted by molar-refractivity contribution is 0.626. The number of benzene rings is 2. The van der Waals surface area contributed by atoms with Gasteiger partial charge in [-0.25, -0.2) is 9.37 Å². The largest absolute Gasteiger partial charge is 0.356 e. The molecule has 0 aliphatic heterocycles. The van der Waals surface area contributed by atoms with Crippen LogP contribution in [0.2, 0.25) is 0 Å². The van der Waals surface area contributed by atoms with E-state index in [2.05, 4.69) is 44.9 Å². The Morgan fingerprint density at radius 1 is 1.00 bits per heavy atom. The number of imidazole rings is 1. The third kappa shape index (κ3) is 6.95. The van der Waals surface area contributed by atoms with E-state index in [-0.39, 0.29) is 29.8 Å². The first kappa shape index (κ1) is 21.9. The van der Waals surface area contributed by atoms with Crippen LogP contribution in [0, 0.1) is 5.82 Å². The third-order valence-electron chi connectivity index (χ3n) is 4.25. The third-order valence-corrected chi connectivity index (χ3v) is 4.25. The number of nitrogens with one attached hydrogen (secondary N) is 2. The molecule has 3 aromatic rings. The maximum absolute atomic E-state index is 12.9. The summed E-state index contributed by atoms with van der Waals surface area (Å²) in [6, 6.07) is 15.1. The van der Waals surface area contributed by atoms with Gasteiger partial charge in [-0.05, 0) is 35.2 Å². The van der Waals surface area contributed by atoms with Crippen LogP contribution in [0.3, 0.4) is 0 Å². The molecule has 0 atom stereocenters. The van der Waals surface area contributed by atoms with Crippen LogP contribution >= 0.6 is 24.0 Å². The van der Waals surface area contributed by atoms with Crippen molar-refractivity contribution >= 4 is 29.9 Å². The van der Waals surface area contributed by atoms with Crippen LogP contribution in [-0.4, -0.2) is 29.1 Å². The minimum Gasteiger partial charge on any atom is -0.356 e. The Morgan fingerprint density at radius 3 is 2.32 bits per heavy atom. The molecule has 0 unspecified atom stereocenters. The van der Waals surface area contributed by atoms with Gasteiger partial charge in [0.05, 0.1) is 6.33 Å². The summed E-state index contributed by atoms with van der Waals surface area (Å²) >= 11 is 0. The van der Waals surface area contributed by atoms with Gasteiger partial charge in [-0.15, -0.1) is 24.0 Å². The number of hydrogen-bond acceptors (Lipinski definition) is 2. The monoisotopic (exact) mass is 493 g/mol. The maximum Gasteiger partial charge on any atom is 0.191 e. The first-order valence-corrected chi connectivity index (χ1v) is 8.95. The summed E-state index contributed by atoms with van der Waals surface area (Å²) in [5.74, 6) is 0.542. The quantitative estimate of drug-likeness (QED) is 0.301. The highest BCUT2D eigenvalue weighted by Gasteiger charge is 2.00. The van der Waals surface area contributed by atoms with E-state index in [4.69, 9.17) is 0 Å². The molecule has 0 bridgehead atoms. The summed E-state index contributed by atoms with van der Waals surface area (Å²) in [4.78, 5) is 8.30. The zero-order valence-corrected chi connectivity index (χ0v) is 18.1. The molecule has 3 rings (SSSR count). The lowest BCUT2D eigenvalue weighted by atomic mass is 10.1. The molecule has 7 heteroatoms. The molecule has 148 valence electrons. The lowest BCUT2D eigenvalue weighted by Crippen LogP contribution is -2.37. The number of halogens is 2. The number of hydrogen-bond donors (Lipinski definition) is 2. The van der Waals surface area contributed by atoms with Gasteiger partial charge < -0.3 is 15.2 Å². The second kappa shape index (κ2) is 11.4. The van der Waals surface area contributed by atoms with Crippen molar-refractivity contribution in [1.29, 1.82) is 0 Å². The van der Waals surface area contributed by atoms with E-state index in [1.165, 1.54) is 23.3 Å². The first-order chi connectivity index (χ1) is 13.2. The van der Waals surface area contributed by atoms with E-state index in [9.17, 15) is 4.39 Å². The zero-order valence-electron chi connectivity index (χ0n) is 15.8. The van der Waals surface area contributed by atoms with Gasteiger partial charge in [-0.2, -0.15) is 0 Å². The van der Waals surface area contributed by atoms with E-state index in [0.29, 0.717) is 6.54 Å². The van der Waals surface area contributed by atoms with Crippen molar-refractivity contribution in [2.24, 2.45) is 4.99 Å². The molecule has 0 amide bonds. The summed E-state index contributed by atoms with van der Waals surface area (Å²) in [5.41, 5.74) is 3.51. The number of aliphatic imine (C=N–C) groups is 1. The highest BCUT2D eigenvalue weighted by molar-refractivity contribution is 14.0. The van der Waals surface area contributed by atoms with Crippen molar-refractivity contribution in [3.8, 4) is 0 Å². The second-order valence-corrected chi connectivity index (χ2v) is 6.28. The predicted octanol–water partition coefficient (Wildman–Crippen LogP) is 3.60. The minimum atomic E-state index is -0.208. The average Bonchev–Trinajstić information content (AvgIpc) is 3.20. The molecule has 0 fully saturated rings. The standard InChI is InChI=1S/C21H24FN5.HI/c1-23-21(25-11-10-17-6-8-20(22)9-7-17)26-14-18-2-4-19(5-3-18)15-27-13-12-24-16-27;/h2-9,12-13,16H,10-11,14-15H2,1H3,(H2,23,25,26);1H. The number of guanidine groups is 1. The van der Waals surface area contributed by atoms with Crippen molar-refractivity contribution in [2.45, 2.75) is 19.5 Å². The van der Waals surface area contributed by atoms with Crippen molar-refractivity contribution in [3.05, 3.63) is 89.8 Å². The summed E-state index contributed by atoms with van der Waals surface area (Å²) < 4.78 is 15.0. The Balaban J connectivity index is 0.00000280. The molecule has 0 saturated heterocycles. The molecular weight excluding hydrogens is 468 g/mol. The SMILES string of the molecule is CN=C(NCCc1ccc(F)cc1)NCc1ccc(Cn2ccnc2)cc1.I. The van der Waals surface area contributed by atoms with Crippen LogP contribution in [0.25, 0.3) is 0 Å². The van der Waals surface area contributed by atoms with E-state index in [1.807, 2.05) is 17.1 Å².